The molecule has 2 atom stereocenters. The van der Waals surface area contributed by atoms with Gasteiger partial charge in [0.1, 0.15) is 28.6 Å². The van der Waals surface area contributed by atoms with Crippen LogP contribution in [0.5, 0.6) is 0 Å². The number of aliphatic hydroxyl groups is 1. The van der Waals surface area contributed by atoms with Crippen molar-refractivity contribution in [2.75, 3.05) is 7.05 Å². The number of ketones is 1. The van der Waals surface area contributed by atoms with E-state index in [2.05, 4.69) is 5.32 Å². The number of carbonyl (C=O) groups is 1. The maximum absolute atomic E-state index is 14.4. The highest BCUT2D eigenvalue weighted by Crippen LogP contribution is 2.41. The van der Waals surface area contributed by atoms with Crippen LogP contribution in [0.4, 0.5) is 13.2 Å². The molecule has 0 saturated heterocycles. The van der Waals surface area contributed by atoms with E-state index in [0.717, 1.165) is 0 Å². The largest absolute Gasteiger partial charge is 0.382 e. The van der Waals surface area contributed by atoms with Crippen LogP contribution in [0.15, 0.2) is 6.07 Å². The summed E-state index contributed by atoms with van der Waals surface area (Å²) < 4.78 is 42.0. The molecular formula is C15H19ClF3NO2. The lowest BCUT2D eigenvalue weighted by Gasteiger charge is -2.42. The number of carbonyl (C=O) groups excluding carboxylic acids is 1. The third-order valence-corrected chi connectivity index (χ3v) is 4.34. The molecule has 0 heterocycles. The van der Waals surface area contributed by atoms with Gasteiger partial charge in [-0.25, -0.2) is 13.2 Å². The maximum atomic E-state index is 14.4. The van der Waals surface area contributed by atoms with Gasteiger partial charge in [-0.3, -0.25) is 4.79 Å². The lowest BCUT2D eigenvalue weighted by atomic mass is 9.68. The van der Waals surface area contributed by atoms with Crippen LogP contribution in [0.2, 0.25) is 0 Å². The van der Waals surface area contributed by atoms with Crippen LogP contribution in [-0.2, 0) is 10.3 Å². The Bertz CT molecular complexity index is 607. The molecule has 1 aliphatic rings. The van der Waals surface area contributed by atoms with E-state index in [1.54, 1.807) is 0 Å². The second kappa shape index (κ2) is 6.18. The first kappa shape index (κ1) is 18.9. The van der Waals surface area contributed by atoms with Gasteiger partial charge in [0.2, 0.25) is 0 Å². The van der Waals surface area contributed by atoms with Crippen molar-refractivity contribution >= 4 is 18.2 Å². The number of nitrogens with one attached hydrogen (secondary N) is 1. The van der Waals surface area contributed by atoms with Gasteiger partial charge in [-0.1, -0.05) is 0 Å². The second-order valence-corrected chi connectivity index (χ2v) is 5.77. The summed E-state index contributed by atoms with van der Waals surface area (Å²) in [5.41, 5.74) is -4.23. The van der Waals surface area contributed by atoms with Gasteiger partial charge in [0, 0.05) is 11.6 Å². The van der Waals surface area contributed by atoms with Crippen molar-refractivity contribution in [3.8, 4) is 0 Å². The highest BCUT2D eigenvalue weighted by atomic mass is 35.5. The zero-order valence-electron chi connectivity index (χ0n) is 12.6. The van der Waals surface area contributed by atoms with E-state index in [9.17, 15) is 23.1 Å². The SMILES string of the molecule is CNC1(c2c(F)cc(F)c(C)c2F)CCCC(C)(O)C1=O.Cl. The minimum Gasteiger partial charge on any atom is -0.382 e. The zero-order valence-corrected chi connectivity index (χ0v) is 13.4. The minimum absolute atomic E-state index is 0. The van der Waals surface area contributed by atoms with E-state index in [-0.39, 0.29) is 30.8 Å². The Balaban J connectivity index is 0.00000242. The molecule has 0 amide bonds. The molecule has 124 valence electrons. The number of Topliss-reactive ketones (excluding diaryl/α,β-unsaturated/α-hetero) is 1. The van der Waals surface area contributed by atoms with E-state index in [1.807, 2.05) is 0 Å². The fourth-order valence-corrected chi connectivity index (χ4v) is 3.07. The average molecular weight is 338 g/mol. The Morgan fingerprint density at radius 2 is 1.82 bits per heavy atom. The van der Waals surface area contributed by atoms with Crippen LogP contribution in [0.1, 0.15) is 37.3 Å². The van der Waals surface area contributed by atoms with Crippen molar-refractivity contribution in [3.05, 3.63) is 34.6 Å². The van der Waals surface area contributed by atoms with Crippen LogP contribution >= 0.6 is 12.4 Å². The lowest BCUT2D eigenvalue weighted by molar-refractivity contribution is -0.148. The van der Waals surface area contributed by atoms with Crippen molar-refractivity contribution in [3.63, 3.8) is 0 Å². The van der Waals surface area contributed by atoms with E-state index < -0.39 is 39.9 Å². The van der Waals surface area contributed by atoms with Gasteiger partial charge in [-0.15, -0.1) is 12.4 Å². The molecule has 7 heteroatoms. The van der Waals surface area contributed by atoms with E-state index in [1.165, 1.54) is 20.9 Å². The number of hydrogen-bond donors (Lipinski definition) is 2. The monoisotopic (exact) mass is 337 g/mol. The predicted molar refractivity (Wildman–Crippen MR) is 78.5 cm³/mol. The summed E-state index contributed by atoms with van der Waals surface area (Å²) in [4.78, 5) is 12.6. The van der Waals surface area contributed by atoms with Crippen molar-refractivity contribution in [2.45, 2.75) is 44.2 Å². The van der Waals surface area contributed by atoms with Crippen LogP contribution in [0, 0.1) is 24.4 Å². The molecule has 0 aliphatic heterocycles. The number of rotatable bonds is 2. The Kier molecular flexibility index (Phi) is 5.32. The molecule has 1 aromatic carbocycles. The van der Waals surface area contributed by atoms with Gasteiger partial charge in [-0.2, -0.15) is 0 Å². The van der Waals surface area contributed by atoms with E-state index in [4.69, 9.17) is 0 Å². The highest BCUT2D eigenvalue weighted by Gasteiger charge is 2.53. The minimum atomic E-state index is -1.69. The number of halogens is 4. The second-order valence-electron chi connectivity index (χ2n) is 5.77. The fraction of sp³-hybridized carbons (Fsp3) is 0.533. The summed E-state index contributed by atoms with van der Waals surface area (Å²) in [5.74, 6) is -3.92. The Hall–Kier alpha value is -1.11. The Morgan fingerprint density at radius 1 is 1.23 bits per heavy atom. The molecule has 3 nitrogen and oxygen atoms in total. The third-order valence-electron chi connectivity index (χ3n) is 4.34. The quantitative estimate of drug-likeness (QED) is 0.872. The molecule has 2 rings (SSSR count). The van der Waals surface area contributed by atoms with Gasteiger partial charge >= 0.3 is 0 Å². The number of benzene rings is 1. The maximum Gasteiger partial charge on any atom is 0.188 e. The van der Waals surface area contributed by atoms with Gasteiger partial charge in [0.05, 0.1) is 5.56 Å². The molecule has 2 unspecified atom stereocenters. The van der Waals surface area contributed by atoms with Crippen LogP contribution < -0.4 is 5.32 Å². The first-order chi connectivity index (χ1) is 9.67. The van der Waals surface area contributed by atoms with Crippen LogP contribution in [0.25, 0.3) is 0 Å². The summed E-state index contributed by atoms with van der Waals surface area (Å²) in [7, 11) is 1.40. The summed E-state index contributed by atoms with van der Waals surface area (Å²) >= 11 is 0. The molecule has 1 fully saturated rings. The Labute approximate surface area is 133 Å². The summed E-state index contributed by atoms with van der Waals surface area (Å²) in [6.07, 6.45) is 0.769. The standard InChI is InChI=1S/C15H18F3NO2.ClH/c1-8-9(16)7-10(17)11(12(8)18)15(19-3)6-4-5-14(2,21)13(15)20;/h7,19,21H,4-6H2,1-3H3;1H. The van der Waals surface area contributed by atoms with Crippen molar-refractivity contribution in [2.24, 2.45) is 0 Å². The topological polar surface area (TPSA) is 49.3 Å². The van der Waals surface area contributed by atoms with Crippen LogP contribution in [-0.4, -0.2) is 23.5 Å². The van der Waals surface area contributed by atoms with Crippen molar-refractivity contribution in [1.29, 1.82) is 0 Å². The first-order valence-electron chi connectivity index (χ1n) is 6.78. The summed E-state index contributed by atoms with van der Waals surface area (Å²) in [5, 5.41) is 12.8. The molecule has 0 aromatic heterocycles. The van der Waals surface area contributed by atoms with Crippen LogP contribution in [0.3, 0.4) is 0 Å². The molecule has 1 aliphatic carbocycles. The molecule has 1 aromatic rings. The van der Waals surface area contributed by atoms with Gasteiger partial charge in [0.15, 0.2) is 5.78 Å². The van der Waals surface area contributed by atoms with Crippen molar-refractivity contribution < 1.29 is 23.1 Å². The summed E-state index contributed by atoms with van der Waals surface area (Å²) in [6, 6.07) is 0.573. The molecule has 0 spiro atoms. The van der Waals surface area contributed by atoms with E-state index >= 15 is 0 Å². The first-order valence-corrected chi connectivity index (χ1v) is 6.78. The average Bonchev–Trinajstić information content (AvgIpc) is 2.41. The smallest absolute Gasteiger partial charge is 0.188 e. The molecular weight excluding hydrogens is 319 g/mol. The predicted octanol–water partition coefficient (Wildman–Crippen LogP) is 2.75. The van der Waals surface area contributed by atoms with Gasteiger partial charge in [-0.05, 0) is 40.2 Å². The number of hydrogen-bond acceptors (Lipinski definition) is 3. The lowest BCUT2D eigenvalue weighted by Crippen LogP contribution is -2.59. The highest BCUT2D eigenvalue weighted by molar-refractivity contribution is 5.97. The van der Waals surface area contributed by atoms with Gasteiger partial charge in [0.25, 0.3) is 0 Å². The number of likely N-dealkylation sites (N-methyl/N-ethyl adjacent to an activating group) is 1. The summed E-state index contributed by atoms with van der Waals surface area (Å²) in [6.45, 7) is 2.51. The molecule has 2 N–H and O–H groups in total. The Morgan fingerprint density at radius 3 is 2.36 bits per heavy atom. The van der Waals surface area contributed by atoms with E-state index in [0.29, 0.717) is 12.5 Å². The molecule has 0 bridgehead atoms. The zero-order chi connectivity index (χ0) is 16.0. The van der Waals surface area contributed by atoms with Crippen molar-refractivity contribution in [1.82, 2.24) is 5.32 Å². The molecule has 22 heavy (non-hydrogen) atoms. The van der Waals surface area contributed by atoms with Gasteiger partial charge < -0.3 is 10.4 Å². The normalized spacial score (nSPS) is 28.4. The third kappa shape index (κ3) is 2.64. The molecule has 1 saturated carbocycles. The molecule has 0 radical (unpaired) electrons. The fourth-order valence-electron chi connectivity index (χ4n) is 3.07.